The smallest absolute Gasteiger partial charge is 0.422 e. The zero-order chi connectivity index (χ0) is 24.9. The number of carbonyl (C=O) groups excluding carboxylic acids is 2. The molecule has 34 heavy (non-hydrogen) atoms. The lowest BCUT2D eigenvalue weighted by Crippen LogP contribution is -2.21. The largest absolute Gasteiger partial charge is 0.483 e. The van der Waals surface area contributed by atoms with Crippen molar-refractivity contribution in [2.75, 3.05) is 11.9 Å². The summed E-state index contributed by atoms with van der Waals surface area (Å²) in [4.78, 5) is 32.8. The Bertz CT molecular complexity index is 1180. The van der Waals surface area contributed by atoms with Gasteiger partial charge in [0.25, 0.3) is 0 Å². The summed E-state index contributed by atoms with van der Waals surface area (Å²) < 4.78 is 80.9. The molecule has 0 radical (unpaired) electrons. The van der Waals surface area contributed by atoms with Crippen molar-refractivity contribution in [2.45, 2.75) is 18.8 Å². The summed E-state index contributed by atoms with van der Waals surface area (Å²) in [5.74, 6) is -2.56. The molecule has 0 saturated carbocycles. The summed E-state index contributed by atoms with van der Waals surface area (Å²) >= 11 is 0. The zero-order valence-corrected chi connectivity index (χ0v) is 17.1. The molecular weight excluding hydrogens is 468 g/mol. The number of Topliss-reactive ketones (excluding diaryl/α,β-unsaturated/α-hetero) is 1. The quantitative estimate of drug-likeness (QED) is 0.280. The number of alkyl halides is 6. The second-order valence-corrected chi connectivity index (χ2v) is 6.93. The van der Waals surface area contributed by atoms with Crippen molar-refractivity contribution >= 4 is 17.4 Å². The van der Waals surface area contributed by atoms with E-state index in [-0.39, 0.29) is 11.3 Å². The van der Waals surface area contributed by atoms with Crippen molar-refractivity contribution in [1.82, 2.24) is 9.97 Å². The monoisotopic (exact) mass is 483 g/mol. The summed E-state index contributed by atoms with van der Waals surface area (Å²) in [6, 6.07) is 8.25. The molecule has 0 saturated heterocycles. The molecular formula is C22H15F6N3O3. The number of carbonyl (C=O) groups is 2. The number of hydrogen-bond acceptors (Lipinski definition) is 5. The van der Waals surface area contributed by atoms with Gasteiger partial charge in [-0.15, -0.1) is 0 Å². The number of ether oxygens (including phenoxy) is 1. The van der Waals surface area contributed by atoms with Gasteiger partial charge in [-0.1, -0.05) is 18.2 Å². The molecule has 0 unspecified atom stereocenters. The highest BCUT2D eigenvalue weighted by atomic mass is 19.4. The van der Waals surface area contributed by atoms with E-state index >= 15 is 0 Å². The van der Waals surface area contributed by atoms with E-state index in [1.807, 2.05) is 0 Å². The highest BCUT2D eigenvalue weighted by Gasteiger charge is 2.36. The second kappa shape index (κ2) is 9.89. The fraction of sp³-hybridized carbons (Fsp3) is 0.182. The number of nitrogens with zero attached hydrogens (tertiary/aromatic N) is 2. The molecule has 0 atom stereocenters. The Hall–Kier alpha value is -3.96. The molecule has 12 heteroatoms. The lowest BCUT2D eigenvalue weighted by molar-refractivity contribution is -0.158. The van der Waals surface area contributed by atoms with E-state index in [1.165, 1.54) is 30.7 Å². The summed E-state index contributed by atoms with van der Waals surface area (Å²) in [5, 5.41) is 2.14. The van der Waals surface area contributed by atoms with Crippen molar-refractivity contribution in [3.05, 3.63) is 72.2 Å². The van der Waals surface area contributed by atoms with E-state index in [2.05, 4.69) is 20.0 Å². The molecule has 0 fully saturated rings. The zero-order valence-electron chi connectivity index (χ0n) is 17.1. The fourth-order valence-electron chi connectivity index (χ4n) is 2.87. The van der Waals surface area contributed by atoms with Crippen LogP contribution in [0, 0.1) is 0 Å². The van der Waals surface area contributed by atoms with Crippen molar-refractivity contribution < 1.29 is 40.7 Å². The first-order chi connectivity index (χ1) is 15.9. The maximum Gasteiger partial charge on any atom is 0.422 e. The third kappa shape index (κ3) is 6.77. The number of halogens is 6. The summed E-state index contributed by atoms with van der Waals surface area (Å²) in [6.07, 6.45) is -6.14. The van der Waals surface area contributed by atoms with Crippen LogP contribution in [0.4, 0.5) is 32.0 Å². The molecule has 3 rings (SSSR count). The third-order valence-electron chi connectivity index (χ3n) is 4.32. The molecule has 178 valence electrons. The van der Waals surface area contributed by atoms with E-state index in [0.717, 1.165) is 6.07 Å². The molecule has 0 aliphatic heterocycles. The SMILES string of the molecule is O=C(CC(=O)c1cccc(-c2cnccn2)c1)Nc1ccc(OCC(F)(F)F)c(C(F)(F)F)c1. The molecule has 2 aromatic carbocycles. The van der Waals surface area contributed by atoms with Crippen LogP contribution in [0.15, 0.2) is 61.1 Å². The number of aromatic nitrogens is 2. The average Bonchev–Trinajstić information content (AvgIpc) is 2.77. The van der Waals surface area contributed by atoms with E-state index in [1.54, 1.807) is 12.1 Å². The lowest BCUT2D eigenvalue weighted by Gasteiger charge is -2.16. The summed E-state index contributed by atoms with van der Waals surface area (Å²) in [7, 11) is 0. The van der Waals surface area contributed by atoms with Crippen molar-refractivity contribution in [1.29, 1.82) is 0 Å². The van der Waals surface area contributed by atoms with Crippen LogP contribution in [-0.2, 0) is 11.0 Å². The first-order valence-corrected chi connectivity index (χ1v) is 9.53. The normalized spacial score (nSPS) is 11.7. The summed E-state index contributed by atoms with van der Waals surface area (Å²) in [6.45, 7) is -1.91. The van der Waals surface area contributed by atoms with Gasteiger partial charge in [0.1, 0.15) is 5.75 Å². The van der Waals surface area contributed by atoms with Crippen LogP contribution in [0.5, 0.6) is 5.75 Å². The second-order valence-electron chi connectivity index (χ2n) is 6.93. The van der Waals surface area contributed by atoms with Crippen LogP contribution in [0.2, 0.25) is 0 Å². The van der Waals surface area contributed by atoms with Crippen LogP contribution in [0.3, 0.4) is 0 Å². The van der Waals surface area contributed by atoms with Crippen molar-refractivity contribution in [2.24, 2.45) is 0 Å². The Morgan fingerprint density at radius 3 is 2.38 bits per heavy atom. The van der Waals surface area contributed by atoms with Gasteiger partial charge >= 0.3 is 12.4 Å². The number of nitrogens with one attached hydrogen (secondary N) is 1. The predicted molar refractivity (Wildman–Crippen MR) is 108 cm³/mol. The van der Waals surface area contributed by atoms with Crippen LogP contribution in [0.25, 0.3) is 11.3 Å². The maximum absolute atomic E-state index is 13.3. The Balaban J connectivity index is 1.71. The molecule has 1 heterocycles. The first kappa shape index (κ1) is 24.7. The lowest BCUT2D eigenvalue weighted by atomic mass is 10.0. The molecule has 0 spiro atoms. The number of anilines is 1. The Morgan fingerprint density at radius 2 is 1.74 bits per heavy atom. The van der Waals surface area contributed by atoms with Gasteiger partial charge in [-0.3, -0.25) is 19.6 Å². The van der Waals surface area contributed by atoms with Crippen LogP contribution in [0.1, 0.15) is 22.3 Å². The van der Waals surface area contributed by atoms with Crippen LogP contribution >= 0.6 is 0 Å². The van der Waals surface area contributed by atoms with Crippen LogP contribution in [-0.4, -0.2) is 34.4 Å². The average molecular weight is 483 g/mol. The Labute approximate surface area is 188 Å². The number of amides is 1. The first-order valence-electron chi connectivity index (χ1n) is 9.53. The van der Waals surface area contributed by atoms with E-state index in [9.17, 15) is 35.9 Å². The van der Waals surface area contributed by atoms with Gasteiger partial charge in [-0.25, -0.2) is 0 Å². The van der Waals surface area contributed by atoms with Gasteiger partial charge in [0, 0.05) is 29.2 Å². The van der Waals surface area contributed by atoms with Gasteiger partial charge in [0.05, 0.1) is 23.9 Å². The van der Waals surface area contributed by atoms with Gasteiger partial charge in [0.15, 0.2) is 12.4 Å². The molecule has 1 aromatic heterocycles. The summed E-state index contributed by atoms with van der Waals surface area (Å²) in [5.41, 5.74) is -0.627. The molecule has 0 bridgehead atoms. The highest BCUT2D eigenvalue weighted by molar-refractivity contribution is 6.11. The maximum atomic E-state index is 13.3. The standard InChI is InChI=1S/C22H15F6N3O3/c23-21(24,25)12-34-19-5-4-15(9-16(19)22(26,27)28)31-20(33)10-18(32)14-3-1-2-13(8-14)17-11-29-6-7-30-17/h1-9,11H,10,12H2,(H,31,33). The number of hydrogen-bond donors (Lipinski definition) is 1. The third-order valence-corrected chi connectivity index (χ3v) is 4.32. The number of benzene rings is 2. The number of rotatable bonds is 7. The predicted octanol–water partition coefficient (Wildman–Crippen LogP) is 5.32. The van der Waals surface area contributed by atoms with Crippen molar-refractivity contribution in [3.63, 3.8) is 0 Å². The topological polar surface area (TPSA) is 81.2 Å². The minimum absolute atomic E-state index is 0.171. The highest BCUT2D eigenvalue weighted by Crippen LogP contribution is 2.38. The molecule has 0 aliphatic rings. The van der Waals surface area contributed by atoms with E-state index < -0.39 is 48.4 Å². The molecule has 1 N–H and O–H groups in total. The minimum Gasteiger partial charge on any atom is -0.483 e. The Kier molecular flexibility index (Phi) is 7.18. The van der Waals surface area contributed by atoms with E-state index in [0.29, 0.717) is 23.4 Å². The molecule has 3 aromatic rings. The molecule has 1 amide bonds. The Morgan fingerprint density at radius 1 is 0.971 bits per heavy atom. The minimum atomic E-state index is -5.04. The van der Waals surface area contributed by atoms with Crippen LogP contribution < -0.4 is 10.1 Å². The number of ketones is 1. The fourth-order valence-corrected chi connectivity index (χ4v) is 2.87. The van der Waals surface area contributed by atoms with Gasteiger partial charge in [-0.2, -0.15) is 26.3 Å². The molecule has 0 aliphatic carbocycles. The molecule has 6 nitrogen and oxygen atoms in total. The van der Waals surface area contributed by atoms with Gasteiger partial charge in [-0.05, 0) is 24.3 Å². The van der Waals surface area contributed by atoms with Gasteiger partial charge in [0.2, 0.25) is 5.91 Å². The van der Waals surface area contributed by atoms with E-state index in [4.69, 9.17) is 0 Å². The van der Waals surface area contributed by atoms with Crippen molar-refractivity contribution in [3.8, 4) is 17.0 Å². The van der Waals surface area contributed by atoms with Gasteiger partial charge < -0.3 is 10.1 Å².